The third-order valence-corrected chi connectivity index (χ3v) is 6.17. The Morgan fingerprint density at radius 3 is 2.82 bits per heavy atom. The molecule has 1 aromatic heterocycles. The maximum atomic E-state index is 13.0. The normalized spacial score (nSPS) is 14.9. The molecule has 28 heavy (non-hydrogen) atoms. The third-order valence-electron chi connectivity index (χ3n) is 4.97. The molecule has 2 aromatic carbocycles. The lowest BCUT2D eigenvalue weighted by Gasteiger charge is -2.27. The number of fused-ring (bicyclic) bond motifs is 2. The molecule has 0 N–H and O–H groups in total. The summed E-state index contributed by atoms with van der Waals surface area (Å²) in [5.41, 5.74) is 1.57. The highest BCUT2D eigenvalue weighted by Gasteiger charge is 2.28. The number of para-hydroxylation sites is 3. The van der Waals surface area contributed by atoms with Gasteiger partial charge in [0.25, 0.3) is 0 Å². The highest BCUT2D eigenvalue weighted by atomic mass is 32.1. The first-order chi connectivity index (χ1) is 13.5. The smallest absolute Gasteiger partial charge is 0.242 e. The minimum absolute atomic E-state index is 0.0229. The fourth-order valence-electron chi connectivity index (χ4n) is 3.19. The number of thiazole rings is 1. The van der Waals surface area contributed by atoms with Gasteiger partial charge in [-0.15, -0.1) is 11.3 Å². The molecule has 0 saturated carbocycles. The van der Waals surface area contributed by atoms with E-state index in [0.717, 1.165) is 15.2 Å². The van der Waals surface area contributed by atoms with Gasteiger partial charge < -0.3 is 9.64 Å². The van der Waals surface area contributed by atoms with Crippen molar-refractivity contribution in [2.24, 2.45) is 0 Å². The van der Waals surface area contributed by atoms with E-state index in [4.69, 9.17) is 4.74 Å². The van der Waals surface area contributed by atoms with Gasteiger partial charge in [0.1, 0.15) is 17.3 Å². The average Bonchev–Trinajstić information content (AvgIpc) is 3.08. The van der Waals surface area contributed by atoms with Crippen LogP contribution in [0.5, 0.6) is 5.75 Å². The number of nitrogens with zero attached hydrogens (tertiary/aromatic N) is 3. The number of carbonyl (C=O) groups excluding carboxylic acids is 2. The molecule has 1 aliphatic heterocycles. The van der Waals surface area contributed by atoms with E-state index in [1.165, 1.54) is 4.90 Å². The van der Waals surface area contributed by atoms with Crippen LogP contribution in [-0.2, 0) is 9.59 Å². The molecule has 0 unspecified atom stereocenters. The van der Waals surface area contributed by atoms with Crippen LogP contribution in [0, 0.1) is 0 Å². The van der Waals surface area contributed by atoms with Gasteiger partial charge in [-0.2, -0.15) is 0 Å². The number of aromatic nitrogens is 1. The van der Waals surface area contributed by atoms with Crippen molar-refractivity contribution in [3.63, 3.8) is 0 Å². The van der Waals surface area contributed by atoms with E-state index in [0.29, 0.717) is 18.0 Å². The molecule has 7 heteroatoms. The summed E-state index contributed by atoms with van der Waals surface area (Å²) in [7, 11) is 1.75. The molecule has 1 aliphatic rings. The fraction of sp³-hybridized carbons (Fsp3) is 0.286. The van der Waals surface area contributed by atoms with Gasteiger partial charge in [0.15, 0.2) is 0 Å². The lowest BCUT2D eigenvalue weighted by molar-refractivity contribution is -0.132. The number of anilines is 1. The van der Waals surface area contributed by atoms with Gasteiger partial charge in [0, 0.05) is 7.05 Å². The van der Waals surface area contributed by atoms with Gasteiger partial charge in [-0.1, -0.05) is 24.3 Å². The predicted octanol–water partition coefficient (Wildman–Crippen LogP) is 3.63. The molecule has 2 amide bonds. The molecule has 0 bridgehead atoms. The Labute approximate surface area is 167 Å². The molecule has 144 valence electrons. The Balaban J connectivity index is 1.54. The topological polar surface area (TPSA) is 62.7 Å². The van der Waals surface area contributed by atoms with Crippen LogP contribution in [0.4, 0.5) is 5.69 Å². The number of hydrogen-bond donors (Lipinski definition) is 0. The van der Waals surface area contributed by atoms with Crippen LogP contribution in [0.2, 0.25) is 0 Å². The summed E-state index contributed by atoms with van der Waals surface area (Å²) in [6.45, 7) is 2.25. The molecule has 0 fully saturated rings. The second-order valence-corrected chi connectivity index (χ2v) is 7.81. The van der Waals surface area contributed by atoms with Crippen LogP contribution < -0.4 is 9.64 Å². The molecule has 0 aliphatic carbocycles. The second-order valence-electron chi connectivity index (χ2n) is 6.75. The average molecular weight is 395 g/mol. The molecule has 2 heterocycles. The first-order valence-corrected chi connectivity index (χ1v) is 9.99. The van der Waals surface area contributed by atoms with Crippen molar-refractivity contribution in [3.8, 4) is 5.75 Å². The summed E-state index contributed by atoms with van der Waals surface area (Å²) in [5, 5.41) is 0.878. The summed E-state index contributed by atoms with van der Waals surface area (Å²) < 4.78 is 6.74. The first-order valence-electron chi connectivity index (χ1n) is 9.18. The number of ether oxygens (including phenoxy) is 1. The van der Waals surface area contributed by atoms with Crippen molar-refractivity contribution >= 4 is 39.1 Å². The molecule has 1 atom stereocenters. The van der Waals surface area contributed by atoms with Crippen LogP contribution in [0.25, 0.3) is 10.2 Å². The number of carbonyl (C=O) groups is 2. The largest absolute Gasteiger partial charge is 0.491 e. The monoisotopic (exact) mass is 395 g/mol. The summed E-state index contributed by atoms with van der Waals surface area (Å²) in [5.74, 6) is 0.374. The molecule has 6 nitrogen and oxygen atoms in total. The van der Waals surface area contributed by atoms with E-state index in [1.807, 2.05) is 55.5 Å². The molecule has 3 aromatic rings. The highest BCUT2D eigenvalue weighted by molar-refractivity contribution is 7.18. The van der Waals surface area contributed by atoms with Gasteiger partial charge in [0.2, 0.25) is 11.8 Å². The second kappa shape index (κ2) is 7.59. The SMILES string of the molecule is C[C@H](c1nc2ccccc2s1)N(C)C(=O)CN1C(=O)CCOc2ccccc21. The number of hydrogen-bond acceptors (Lipinski definition) is 5. The Morgan fingerprint density at radius 2 is 2.00 bits per heavy atom. The Morgan fingerprint density at radius 1 is 1.25 bits per heavy atom. The zero-order valence-electron chi connectivity index (χ0n) is 15.8. The fourth-order valence-corrected chi connectivity index (χ4v) is 4.25. The highest BCUT2D eigenvalue weighted by Crippen LogP contribution is 2.32. The summed E-state index contributed by atoms with van der Waals surface area (Å²) in [4.78, 5) is 33.4. The van der Waals surface area contributed by atoms with Crippen molar-refractivity contribution in [3.05, 3.63) is 53.5 Å². The third kappa shape index (κ3) is 3.45. The predicted molar refractivity (Wildman–Crippen MR) is 110 cm³/mol. The standard InChI is InChI=1S/C21H21N3O3S/c1-14(21-22-15-7-3-6-10-18(15)28-21)23(2)20(26)13-24-16-8-4-5-9-17(16)27-12-11-19(24)25/h3-10,14H,11-13H2,1-2H3/t14-/m1/s1. The van der Waals surface area contributed by atoms with Crippen molar-refractivity contribution in [1.29, 1.82) is 0 Å². The molecule has 0 spiro atoms. The van der Waals surface area contributed by atoms with Crippen LogP contribution in [0.1, 0.15) is 24.4 Å². The minimum atomic E-state index is -0.182. The van der Waals surface area contributed by atoms with E-state index >= 15 is 0 Å². The maximum absolute atomic E-state index is 13.0. The molecule has 0 radical (unpaired) electrons. The van der Waals surface area contributed by atoms with E-state index in [9.17, 15) is 9.59 Å². The van der Waals surface area contributed by atoms with Crippen LogP contribution in [0.15, 0.2) is 48.5 Å². The van der Waals surface area contributed by atoms with Gasteiger partial charge in [-0.25, -0.2) is 4.98 Å². The van der Waals surface area contributed by atoms with Gasteiger partial charge >= 0.3 is 0 Å². The molecule has 4 rings (SSSR count). The lowest BCUT2D eigenvalue weighted by atomic mass is 10.2. The summed E-state index contributed by atoms with van der Waals surface area (Å²) >= 11 is 1.58. The molecule has 0 saturated heterocycles. The van der Waals surface area contributed by atoms with Crippen LogP contribution >= 0.6 is 11.3 Å². The van der Waals surface area contributed by atoms with Gasteiger partial charge in [0.05, 0.1) is 35.0 Å². The van der Waals surface area contributed by atoms with Crippen molar-refractivity contribution < 1.29 is 14.3 Å². The number of rotatable bonds is 4. The lowest BCUT2D eigenvalue weighted by Crippen LogP contribution is -2.42. The maximum Gasteiger partial charge on any atom is 0.242 e. The van der Waals surface area contributed by atoms with Crippen molar-refractivity contribution in [2.45, 2.75) is 19.4 Å². The van der Waals surface area contributed by atoms with E-state index in [-0.39, 0.29) is 30.8 Å². The number of likely N-dealkylation sites (N-methyl/N-ethyl adjacent to an activating group) is 1. The zero-order chi connectivity index (χ0) is 19.7. The Hall–Kier alpha value is -2.93. The summed E-state index contributed by atoms with van der Waals surface area (Å²) in [6, 6.07) is 15.1. The van der Waals surface area contributed by atoms with Crippen LogP contribution in [0.3, 0.4) is 0 Å². The van der Waals surface area contributed by atoms with Crippen molar-refractivity contribution in [2.75, 3.05) is 25.1 Å². The van der Waals surface area contributed by atoms with Gasteiger partial charge in [-0.05, 0) is 31.2 Å². The zero-order valence-corrected chi connectivity index (χ0v) is 16.6. The number of amides is 2. The summed E-state index contributed by atoms with van der Waals surface area (Å²) in [6.07, 6.45) is 0.249. The van der Waals surface area contributed by atoms with E-state index in [1.54, 1.807) is 23.3 Å². The van der Waals surface area contributed by atoms with Crippen LogP contribution in [-0.4, -0.2) is 41.9 Å². The minimum Gasteiger partial charge on any atom is -0.491 e. The van der Waals surface area contributed by atoms with E-state index < -0.39 is 0 Å². The quantitative estimate of drug-likeness (QED) is 0.677. The van der Waals surface area contributed by atoms with Gasteiger partial charge in [-0.3, -0.25) is 14.5 Å². The van der Waals surface area contributed by atoms with E-state index in [2.05, 4.69) is 4.98 Å². The number of benzene rings is 2. The first kappa shape index (κ1) is 18.4. The molecular weight excluding hydrogens is 374 g/mol. The molecular formula is C21H21N3O3S. The Bertz CT molecular complexity index is 999. The van der Waals surface area contributed by atoms with Crippen molar-refractivity contribution in [1.82, 2.24) is 9.88 Å². The Kier molecular flexibility index (Phi) is 5.00.